The van der Waals surface area contributed by atoms with E-state index in [9.17, 15) is 26.4 Å². The van der Waals surface area contributed by atoms with Gasteiger partial charge in [-0.15, -0.1) is 0 Å². The molecule has 0 radical (unpaired) electrons. The number of rotatable bonds is 6. The molecule has 0 aliphatic carbocycles. The van der Waals surface area contributed by atoms with Crippen molar-refractivity contribution >= 4 is 44.7 Å². The van der Waals surface area contributed by atoms with Crippen LogP contribution in [0.5, 0.6) is 0 Å². The third kappa shape index (κ3) is 5.07. The summed E-state index contributed by atoms with van der Waals surface area (Å²) in [5, 5.41) is -0.0183. The molecule has 0 amide bonds. The first-order valence-corrected chi connectivity index (χ1v) is 12.4. The van der Waals surface area contributed by atoms with Crippen LogP contribution in [-0.2, 0) is 32.0 Å². The van der Waals surface area contributed by atoms with Gasteiger partial charge in [0.1, 0.15) is 0 Å². The molecular weight excluding hydrogens is 487 g/mol. The Morgan fingerprint density at radius 3 is 2.38 bits per heavy atom. The van der Waals surface area contributed by atoms with Crippen molar-refractivity contribution in [3.05, 3.63) is 58.2 Å². The lowest BCUT2D eigenvalue weighted by molar-refractivity contribution is -0.142. The highest BCUT2D eigenvalue weighted by Crippen LogP contribution is 2.41. The van der Waals surface area contributed by atoms with Crippen molar-refractivity contribution in [3.63, 3.8) is 0 Å². The quantitative estimate of drug-likeness (QED) is 0.409. The molecular formula is C21H19ClF3NO4S2. The first-order valence-electron chi connectivity index (χ1n) is 9.36. The van der Waals surface area contributed by atoms with E-state index in [0.29, 0.717) is 26.6 Å². The number of nitrogens with zero attached hydrogens (tertiary/aromatic N) is 1. The van der Waals surface area contributed by atoms with Gasteiger partial charge in [-0.25, -0.2) is 8.42 Å². The van der Waals surface area contributed by atoms with Crippen LogP contribution >= 0.6 is 23.4 Å². The Balaban J connectivity index is 2.17. The van der Waals surface area contributed by atoms with Gasteiger partial charge in [-0.3, -0.25) is 4.79 Å². The number of pyridine rings is 1. The number of alkyl halides is 3. The molecule has 0 fully saturated rings. The molecule has 172 valence electrons. The Morgan fingerprint density at radius 1 is 1.22 bits per heavy atom. The smallest absolute Gasteiger partial charge is 0.419 e. The summed E-state index contributed by atoms with van der Waals surface area (Å²) < 4.78 is 70.1. The number of aromatic nitrogens is 1. The summed E-state index contributed by atoms with van der Waals surface area (Å²) in [6, 6.07) is 7.21. The zero-order valence-electron chi connectivity index (χ0n) is 17.3. The second kappa shape index (κ2) is 8.99. The molecule has 0 aliphatic rings. The average Bonchev–Trinajstić information content (AvgIpc) is 2.91. The van der Waals surface area contributed by atoms with E-state index >= 15 is 0 Å². The van der Waals surface area contributed by atoms with E-state index in [0.717, 1.165) is 24.2 Å². The summed E-state index contributed by atoms with van der Waals surface area (Å²) in [6.45, 7) is 3.55. The largest absolute Gasteiger partial charge is 0.466 e. The molecule has 0 N–H and O–H groups in total. The van der Waals surface area contributed by atoms with E-state index in [-0.39, 0.29) is 17.9 Å². The number of hydrogen-bond donors (Lipinski definition) is 0. The fraction of sp³-hybridized carbons (Fsp3) is 0.286. The number of halogens is 4. The highest BCUT2D eigenvalue weighted by atomic mass is 35.5. The van der Waals surface area contributed by atoms with Gasteiger partial charge in [-0.05, 0) is 55.3 Å². The predicted molar refractivity (Wildman–Crippen MR) is 116 cm³/mol. The highest BCUT2D eigenvalue weighted by Gasteiger charge is 2.35. The molecule has 32 heavy (non-hydrogen) atoms. The first kappa shape index (κ1) is 24.5. The van der Waals surface area contributed by atoms with E-state index in [1.54, 1.807) is 26.0 Å². The molecule has 5 nitrogen and oxygen atoms in total. The normalized spacial score (nSPS) is 12.3. The fourth-order valence-electron chi connectivity index (χ4n) is 3.21. The third-order valence-electron chi connectivity index (χ3n) is 4.74. The number of hydrogen-bond acceptors (Lipinski definition) is 5. The van der Waals surface area contributed by atoms with Gasteiger partial charge < -0.3 is 9.14 Å². The summed E-state index contributed by atoms with van der Waals surface area (Å²) >= 11 is 7.08. The van der Waals surface area contributed by atoms with Crippen molar-refractivity contribution in [2.45, 2.75) is 41.3 Å². The van der Waals surface area contributed by atoms with Gasteiger partial charge in [0.2, 0.25) is 0 Å². The van der Waals surface area contributed by atoms with E-state index < -0.39 is 32.6 Å². The topological polar surface area (TPSA) is 64.9 Å². The van der Waals surface area contributed by atoms with Crippen LogP contribution in [0.2, 0.25) is 5.02 Å². The van der Waals surface area contributed by atoms with Crippen LogP contribution in [0, 0.1) is 6.92 Å². The number of esters is 1. The maximum absolute atomic E-state index is 13.5. The molecule has 0 atom stereocenters. The van der Waals surface area contributed by atoms with Gasteiger partial charge in [-0.1, -0.05) is 23.4 Å². The number of sulfone groups is 1. The molecule has 2 heterocycles. The van der Waals surface area contributed by atoms with Crippen molar-refractivity contribution in [1.29, 1.82) is 0 Å². The number of benzene rings is 1. The number of carbonyl (C=O) groups is 1. The molecule has 1 aromatic carbocycles. The van der Waals surface area contributed by atoms with Crippen molar-refractivity contribution in [2.75, 3.05) is 12.9 Å². The molecule has 0 saturated carbocycles. The molecule has 3 aromatic rings. The molecule has 11 heteroatoms. The first-order chi connectivity index (χ1) is 14.8. The van der Waals surface area contributed by atoms with Crippen LogP contribution < -0.4 is 0 Å². The van der Waals surface area contributed by atoms with Crippen LogP contribution in [0.25, 0.3) is 5.52 Å². The molecule has 0 spiro atoms. The Labute approximate surface area is 192 Å². The standard InChI is InChI=1S/C21H19ClF3NO4S2/c1-4-30-19(27)9-15-12(2)20(31-13-5-7-14(8-6-13)32(3,28)29)26-11-16(21(23,24)25)17(22)10-18(15)26/h5-8,10-11H,4,9H2,1-3H3. The van der Waals surface area contributed by atoms with Crippen LogP contribution in [-0.4, -0.2) is 31.7 Å². The zero-order valence-corrected chi connectivity index (χ0v) is 19.7. The summed E-state index contributed by atoms with van der Waals surface area (Å²) in [5.41, 5.74) is 0.474. The lowest BCUT2D eigenvalue weighted by atomic mass is 10.1. The van der Waals surface area contributed by atoms with E-state index in [1.165, 1.54) is 22.6 Å². The maximum atomic E-state index is 13.5. The zero-order chi connectivity index (χ0) is 23.8. The molecule has 2 aromatic heterocycles. The maximum Gasteiger partial charge on any atom is 0.419 e. The summed E-state index contributed by atoms with van der Waals surface area (Å²) in [6.07, 6.45) is -2.79. The van der Waals surface area contributed by atoms with Crippen LogP contribution in [0.4, 0.5) is 13.2 Å². The number of carbonyl (C=O) groups excluding carboxylic acids is 1. The van der Waals surface area contributed by atoms with Gasteiger partial charge in [0.15, 0.2) is 9.84 Å². The van der Waals surface area contributed by atoms with Crippen molar-refractivity contribution in [2.24, 2.45) is 0 Å². The predicted octanol–water partition coefficient (Wildman–Crippen LogP) is 5.58. The van der Waals surface area contributed by atoms with Gasteiger partial charge >= 0.3 is 12.1 Å². The minimum absolute atomic E-state index is 0.127. The molecule has 0 aliphatic heterocycles. The lowest BCUT2D eigenvalue weighted by Crippen LogP contribution is -2.09. The third-order valence-corrected chi connectivity index (χ3v) is 7.38. The van der Waals surface area contributed by atoms with Gasteiger partial charge in [0, 0.05) is 17.3 Å². The van der Waals surface area contributed by atoms with Crippen molar-refractivity contribution in [1.82, 2.24) is 4.40 Å². The Kier molecular flexibility index (Phi) is 6.88. The van der Waals surface area contributed by atoms with E-state index in [2.05, 4.69) is 0 Å². The highest BCUT2D eigenvalue weighted by molar-refractivity contribution is 7.99. The van der Waals surface area contributed by atoms with E-state index in [4.69, 9.17) is 16.3 Å². The number of fused-ring (bicyclic) bond motifs is 1. The summed E-state index contributed by atoms with van der Waals surface area (Å²) in [5.74, 6) is -0.506. The van der Waals surface area contributed by atoms with Crippen LogP contribution in [0.1, 0.15) is 23.6 Å². The van der Waals surface area contributed by atoms with Crippen LogP contribution in [0.3, 0.4) is 0 Å². The second-order valence-corrected chi connectivity index (χ2v) is 10.5. The Bertz CT molecular complexity index is 1280. The summed E-state index contributed by atoms with van der Waals surface area (Å²) in [4.78, 5) is 12.9. The Hall–Kier alpha value is -2.17. The average molecular weight is 506 g/mol. The summed E-state index contributed by atoms with van der Waals surface area (Å²) in [7, 11) is -3.38. The molecule has 0 bridgehead atoms. The van der Waals surface area contributed by atoms with Crippen LogP contribution in [0.15, 0.2) is 51.3 Å². The van der Waals surface area contributed by atoms with Crippen molar-refractivity contribution in [3.8, 4) is 0 Å². The fourth-order valence-corrected chi connectivity index (χ4v) is 5.12. The monoisotopic (exact) mass is 505 g/mol. The van der Waals surface area contributed by atoms with Gasteiger partial charge in [0.05, 0.1) is 39.1 Å². The lowest BCUT2D eigenvalue weighted by Gasteiger charge is -2.12. The molecule has 3 rings (SSSR count). The number of ether oxygens (including phenoxy) is 1. The SMILES string of the molecule is CCOC(=O)Cc1c(C)c(Sc2ccc(S(C)(=O)=O)cc2)n2cc(C(F)(F)F)c(Cl)cc12. The van der Waals surface area contributed by atoms with Gasteiger partial charge in [-0.2, -0.15) is 13.2 Å². The minimum Gasteiger partial charge on any atom is -0.466 e. The molecule has 0 saturated heterocycles. The van der Waals surface area contributed by atoms with Gasteiger partial charge in [0.25, 0.3) is 0 Å². The minimum atomic E-state index is -4.66. The Morgan fingerprint density at radius 2 is 1.84 bits per heavy atom. The van der Waals surface area contributed by atoms with E-state index in [1.807, 2.05) is 0 Å². The van der Waals surface area contributed by atoms with Crippen molar-refractivity contribution < 1.29 is 31.1 Å². The second-order valence-electron chi connectivity index (χ2n) is 7.02. The molecule has 0 unspecified atom stereocenters.